The molecule has 0 N–H and O–H groups in total. The third kappa shape index (κ3) is 2.46. The molecule has 0 atom stereocenters. The van der Waals surface area contributed by atoms with Crippen LogP contribution in [0.2, 0.25) is 5.02 Å². The predicted octanol–water partition coefficient (Wildman–Crippen LogP) is 6.05. The number of fused-ring (bicyclic) bond motifs is 1. The van der Waals surface area contributed by atoms with Gasteiger partial charge in [-0.3, -0.25) is 0 Å². The van der Waals surface area contributed by atoms with Gasteiger partial charge < -0.3 is 4.42 Å². The van der Waals surface area contributed by atoms with Gasteiger partial charge in [-0.15, -0.1) is 0 Å². The first-order valence-corrected chi connectivity index (χ1v) is 6.48. The molecule has 1 nitrogen and oxygen atoms in total. The molecule has 1 heterocycles. The van der Waals surface area contributed by atoms with Crippen LogP contribution in [0.5, 0.6) is 0 Å². The average molecular weight is 293 g/mol. The van der Waals surface area contributed by atoms with Crippen LogP contribution in [0.3, 0.4) is 0 Å². The van der Waals surface area contributed by atoms with Gasteiger partial charge >= 0.3 is 0 Å². The molecule has 2 aromatic carbocycles. The highest BCUT2D eigenvalue weighted by Crippen LogP contribution is 2.32. The SMILES string of the molecule is [2H]c1c([2H])c(-c2c([2H])c([2H])c3c([2H])c(C(C)(C)C)oc3c2[2H])c([2H])c([2H])c1Cl. The van der Waals surface area contributed by atoms with Crippen LogP contribution in [-0.4, -0.2) is 0 Å². The predicted molar refractivity (Wildman–Crippen MR) is 85.4 cm³/mol. The van der Waals surface area contributed by atoms with Gasteiger partial charge in [-0.25, -0.2) is 0 Å². The Labute approximate surface area is 135 Å². The molecule has 20 heavy (non-hydrogen) atoms. The van der Waals surface area contributed by atoms with Crippen molar-refractivity contribution in [3.63, 3.8) is 0 Å². The lowest BCUT2D eigenvalue weighted by Crippen LogP contribution is -2.08. The Bertz CT molecular complexity index is 1110. The van der Waals surface area contributed by atoms with E-state index in [0.717, 1.165) is 0 Å². The molecule has 1 aromatic heterocycles. The summed E-state index contributed by atoms with van der Waals surface area (Å²) in [6.07, 6.45) is 0. The van der Waals surface area contributed by atoms with Crippen LogP contribution < -0.4 is 0 Å². The van der Waals surface area contributed by atoms with E-state index in [1.807, 2.05) is 20.8 Å². The van der Waals surface area contributed by atoms with Gasteiger partial charge in [-0.2, -0.15) is 0 Å². The summed E-state index contributed by atoms with van der Waals surface area (Å²) in [7, 11) is 0. The van der Waals surface area contributed by atoms with Crippen LogP contribution in [0, 0.1) is 0 Å². The normalized spacial score (nSPS) is 17.6. The number of halogens is 1. The van der Waals surface area contributed by atoms with E-state index in [9.17, 15) is 0 Å². The summed E-state index contributed by atoms with van der Waals surface area (Å²) in [6.45, 7) is 5.46. The maximum Gasteiger partial charge on any atom is 0.134 e. The van der Waals surface area contributed by atoms with Gasteiger partial charge in [-0.05, 0) is 35.3 Å². The van der Waals surface area contributed by atoms with E-state index >= 15 is 0 Å². The standard InChI is InChI=1S/C18H17ClO/c1-18(2,3)17-11-14-5-4-13(10-16(14)20-17)12-6-8-15(19)9-7-12/h4-11H,1-3H3/i4D,5D,6D,7D,8D,9D,10D,11D. The number of rotatable bonds is 1. The Balaban J connectivity index is 2.53. The first-order chi connectivity index (χ1) is 12.8. The second kappa shape index (κ2) is 4.68. The molecule has 0 unspecified atom stereocenters. The first kappa shape index (κ1) is 6.82. The van der Waals surface area contributed by atoms with Crippen molar-refractivity contribution in [2.24, 2.45) is 0 Å². The molecule has 0 aliphatic carbocycles. The highest BCUT2D eigenvalue weighted by atomic mass is 35.5. The number of benzene rings is 2. The molecule has 0 fully saturated rings. The first-order valence-electron chi connectivity index (χ1n) is 10.1. The van der Waals surface area contributed by atoms with E-state index in [-0.39, 0.29) is 51.0 Å². The molecule has 0 aliphatic rings. The Hall–Kier alpha value is -1.73. The molecule has 0 radical (unpaired) electrons. The van der Waals surface area contributed by atoms with Crippen molar-refractivity contribution in [1.29, 1.82) is 0 Å². The maximum absolute atomic E-state index is 8.51. The molecule has 0 saturated carbocycles. The van der Waals surface area contributed by atoms with Gasteiger partial charge in [0.2, 0.25) is 0 Å². The minimum Gasteiger partial charge on any atom is -0.460 e. The molecule has 102 valence electrons. The van der Waals surface area contributed by atoms with E-state index in [1.165, 1.54) is 0 Å². The minimum atomic E-state index is -0.568. The van der Waals surface area contributed by atoms with Gasteiger partial charge in [0.25, 0.3) is 0 Å². The molecule has 0 saturated heterocycles. The third-order valence-corrected chi connectivity index (χ3v) is 2.94. The van der Waals surface area contributed by atoms with Crippen molar-refractivity contribution in [3.05, 3.63) is 59.1 Å². The van der Waals surface area contributed by atoms with E-state index in [0.29, 0.717) is 0 Å². The Morgan fingerprint density at radius 1 is 0.950 bits per heavy atom. The molecule has 0 aliphatic heterocycles. The highest BCUT2D eigenvalue weighted by molar-refractivity contribution is 6.30. The van der Waals surface area contributed by atoms with Crippen LogP contribution in [0.4, 0.5) is 0 Å². The molecular weight excluding hydrogens is 268 g/mol. The second-order valence-corrected chi connectivity index (χ2v) is 5.83. The van der Waals surface area contributed by atoms with Crippen LogP contribution in [0.15, 0.2) is 52.8 Å². The monoisotopic (exact) mass is 292 g/mol. The largest absolute Gasteiger partial charge is 0.460 e. The van der Waals surface area contributed by atoms with Gasteiger partial charge in [0.15, 0.2) is 0 Å². The van der Waals surface area contributed by atoms with E-state index < -0.39 is 35.6 Å². The smallest absolute Gasteiger partial charge is 0.134 e. The lowest BCUT2D eigenvalue weighted by molar-refractivity contribution is 0.430. The lowest BCUT2D eigenvalue weighted by Gasteiger charge is -2.13. The quantitative estimate of drug-likeness (QED) is 0.532. The van der Waals surface area contributed by atoms with Crippen molar-refractivity contribution in [1.82, 2.24) is 0 Å². The number of furan rings is 1. The summed E-state index contributed by atoms with van der Waals surface area (Å²) in [5.41, 5.74) is -1.19. The summed E-state index contributed by atoms with van der Waals surface area (Å²) in [4.78, 5) is 0. The summed E-state index contributed by atoms with van der Waals surface area (Å²) >= 11 is 5.84. The van der Waals surface area contributed by atoms with Crippen LogP contribution in [0.25, 0.3) is 22.1 Å². The zero-order valence-corrected chi connectivity index (χ0v) is 12.0. The fourth-order valence-corrected chi connectivity index (χ4v) is 1.78. The maximum atomic E-state index is 8.51. The van der Waals surface area contributed by atoms with Crippen LogP contribution >= 0.6 is 11.6 Å². The lowest BCUT2D eigenvalue weighted by atomic mass is 9.93. The molecule has 0 spiro atoms. The van der Waals surface area contributed by atoms with Crippen LogP contribution in [0.1, 0.15) is 37.5 Å². The molecule has 0 amide bonds. The van der Waals surface area contributed by atoms with Crippen molar-refractivity contribution < 1.29 is 15.4 Å². The summed E-state index contributed by atoms with van der Waals surface area (Å²) < 4.78 is 71.4. The zero-order valence-electron chi connectivity index (χ0n) is 19.3. The number of hydrogen-bond acceptors (Lipinski definition) is 1. The molecule has 2 heteroatoms. The molecular formula is C18H17ClO. The van der Waals surface area contributed by atoms with Crippen molar-refractivity contribution in [2.45, 2.75) is 26.2 Å². The van der Waals surface area contributed by atoms with E-state index in [2.05, 4.69) is 0 Å². The summed E-state index contributed by atoms with van der Waals surface area (Å²) in [6, 6.07) is -3.23. The van der Waals surface area contributed by atoms with Gasteiger partial charge in [0.05, 0.1) is 11.0 Å². The van der Waals surface area contributed by atoms with Gasteiger partial charge in [0, 0.05) is 15.8 Å². The highest BCUT2D eigenvalue weighted by Gasteiger charge is 2.18. The average Bonchev–Trinajstić information content (AvgIpc) is 2.97. The number of hydrogen-bond donors (Lipinski definition) is 0. The van der Waals surface area contributed by atoms with Gasteiger partial charge in [-0.1, -0.05) is 56.5 Å². The van der Waals surface area contributed by atoms with E-state index in [1.54, 1.807) is 0 Å². The fourth-order valence-electron chi connectivity index (χ4n) is 1.68. The zero-order chi connectivity index (χ0) is 21.3. The van der Waals surface area contributed by atoms with Crippen molar-refractivity contribution >= 4 is 22.6 Å². The Morgan fingerprint density at radius 2 is 1.60 bits per heavy atom. The second-order valence-electron chi connectivity index (χ2n) is 5.45. The molecule has 3 rings (SSSR count). The molecule has 3 aromatic rings. The third-order valence-electron chi connectivity index (χ3n) is 2.75. The Morgan fingerprint density at radius 3 is 2.25 bits per heavy atom. The van der Waals surface area contributed by atoms with E-state index in [4.69, 9.17) is 27.0 Å². The van der Waals surface area contributed by atoms with Crippen molar-refractivity contribution in [3.8, 4) is 11.1 Å². The summed E-state index contributed by atoms with van der Waals surface area (Å²) in [5.74, 6) is 0.261. The molecule has 0 bridgehead atoms. The fraction of sp³-hybridized carbons (Fsp3) is 0.222. The van der Waals surface area contributed by atoms with Crippen LogP contribution in [-0.2, 0) is 5.41 Å². The summed E-state index contributed by atoms with van der Waals surface area (Å²) in [5, 5.41) is -0.335. The Kier molecular flexibility index (Phi) is 1.59. The van der Waals surface area contributed by atoms with Crippen molar-refractivity contribution in [2.75, 3.05) is 0 Å². The van der Waals surface area contributed by atoms with Gasteiger partial charge in [0.1, 0.15) is 11.3 Å². The minimum absolute atomic E-state index is 0.0212. The topological polar surface area (TPSA) is 13.1 Å².